The number of aliphatic imine (C=N–C) groups is 1. The summed E-state index contributed by atoms with van der Waals surface area (Å²) in [4.78, 5) is 14.4. The van der Waals surface area contributed by atoms with E-state index in [0.717, 1.165) is 54.6 Å². The molecule has 2 bridgehead atoms. The van der Waals surface area contributed by atoms with E-state index in [4.69, 9.17) is 10.7 Å². The van der Waals surface area contributed by atoms with Gasteiger partial charge in [-0.2, -0.15) is 0 Å². The fraction of sp³-hybridized carbons (Fsp3) is 0.560. The van der Waals surface area contributed by atoms with E-state index in [2.05, 4.69) is 47.5 Å². The number of fused-ring (bicyclic) bond motifs is 3. The second-order valence-corrected chi connectivity index (χ2v) is 9.50. The fourth-order valence-corrected chi connectivity index (χ4v) is 5.54. The molecule has 158 valence electrons. The van der Waals surface area contributed by atoms with Crippen molar-refractivity contribution < 1.29 is 0 Å². The lowest BCUT2D eigenvalue weighted by Crippen LogP contribution is -2.44. The molecule has 5 nitrogen and oxygen atoms in total. The average molecular weight is 404 g/mol. The van der Waals surface area contributed by atoms with Crippen LogP contribution < -0.4 is 11.1 Å². The van der Waals surface area contributed by atoms with E-state index in [1.54, 1.807) is 0 Å². The number of hydrogen-bond acceptors (Lipinski definition) is 5. The first kappa shape index (κ1) is 19.8. The van der Waals surface area contributed by atoms with Gasteiger partial charge in [0.25, 0.3) is 0 Å². The number of hydrogen-bond donors (Lipinski definition) is 2. The molecule has 0 radical (unpaired) electrons. The van der Waals surface area contributed by atoms with Gasteiger partial charge in [-0.3, -0.25) is 4.99 Å². The Morgan fingerprint density at radius 1 is 1.17 bits per heavy atom. The zero-order valence-electron chi connectivity index (χ0n) is 18.2. The van der Waals surface area contributed by atoms with Crippen LogP contribution in [0.2, 0.25) is 0 Å². The van der Waals surface area contributed by atoms with Gasteiger partial charge in [-0.05, 0) is 87.1 Å². The highest BCUT2D eigenvalue weighted by Crippen LogP contribution is 2.40. The van der Waals surface area contributed by atoms with E-state index in [-0.39, 0.29) is 5.54 Å². The Balaban J connectivity index is 1.45. The maximum atomic E-state index is 6.38. The third kappa shape index (κ3) is 3.48. The molecular weight excluding hydrogens is 370 g/mol. The van der Waals surface area contributed by atoms with Crippen LogP contribution in [0.1, 0.15) is 63.3 Å². The number of nitrogens with one attached hydrogen (secondary N) is 1. The first-order valence-electron chi connectivity index (χ1n) is 11.6. The molecule has 3 N–H and O–H groups in total. The molecule has 5 heteroatoms. The molecule has 2 saturated carbocycles. The van der Waals surface area contributed by atoms with Gasteiger partial charge in [-0.25, -0.2) is 9.97 Å². The Kier molecular flexibility index (Phi) is 5.19. The minimum Gasteiger partial charge on any atom is -0.319 e. The van der Waals surface area contributed by atoms with Crippen LogP contribution in [0.15, 0.2) is 35.6 Å². The predicted octanol–water partition coefficient (Wildman–Crippen LogP) is 4.52. The molecule has 3 aliphatic rings. The Morgan fingerprint density at radius 3 is 2.63 bits per heavy atom. The Morgan fingerprint density at radius 2 is 1.97 bits per heavy atom. The molecule has 1 aromatic carbocycles. The highest BCUT2D eigenvalue weighted by Gasteiger charge is 2.37. The van der Waals surface area contributed by atoms with Gasteiger partial charge in [0, 0.05) is 29.7 Å². The molecule has 2 heterocycles. The molecular formula is C25H33N5. The van der Waals surface area contributed by atoms with Crippen molar-refractivity contribution in [2.75, 3.05) is 7.05 Å². The van der Waals surface area contributed by atoms with Gasteiger partial charge in [0.1, 0.15) is 5.82 Å². The maximum Gasteiger partial charge on any atom is 0.148 e. The summed E-state index contributed by atoms with van der Waals surface area (Å²) in [7, 11) is 2.07. The van der Waals surface area contributed by atoms with Crippen LogP contribution in [0.3, 0.4) is 0 Å². The van der Waals surface area contributed by atoms with Gasteiger partial charge in [-0.15, -0.1) is 0 Å². The third-order valence-corrected chi connectivity index (χ3v) is 7.76. The van der Waals surface area contributed by atoms with E-state index in [1.807, 2.05) is 12.4 Å². The zero-order valence-corrected chi connectivity index (χ0v) is 18.2. The molecule has 1 aromatic heterocycles. The normalized spacial score (nSPS) is 27.3. The molecule has 0 spiro atoms. The molecule has 2 aliphatic carbocycles. The highest BCUT2D eigenvalue weighted by atomic mass is 15.0. The molecule has 1 unspecified atom stereocenters. The van der Waals surface area contributed by atoms with Crippen LogP contribution >= 0.6 is 0 Å². The summed E-state index contributed by atoms with van der Waals surface area (Å²) in [5.41, 5.74) is 12.1. The summed E-state index contributed by atoms with van der Waals surface area (Å²) in [6, 6.07) is 7.05. The SMILES string of the molecule is CC[C@H]1C[C@@H](NC)C2=Nc3ccc(-c4cnc(C5(N)CCC5)nc4)cc3CCC1C2. The van der Waals surface area contributed by atoms with Crippen molar-refractivity contribution in [1.29, 1.82) is 0 Å². The number of aryl methyl sites for hydroxylation is 1. The van der Waals surface area contributed by atoms with Crippen molar-refractivity contribution in [2.45, 2.75) is 69.9 Å². The summed E-state index contributed by atoms with van der Waals surface area (Å²) >= 11 is 0. The van der Waals surface area contributed by atoms with E-state index >= 15 is 0 Å². The molecule has 0 saturated heterocycles. The average Bonchev–Trinajstić information content (AvgIpc) is 2.75. The summed E-state index contributed by atoms with van der Waals surface area (Å²) in [5.74, 6) is 2.33. The predicted molar refractivity (Wildman–Crippen MR) is 122 cm³/mol. The largest absolute Gasteiger partial charge is 0.319 e. The monoisotopic (exact) mass is 403 g/mol. The minimum atomic E-state index is -0.307. The summed E-state index contributed by atoms with van der Waals surface area (Å²) in [5, 5.41) is 3.51. The van der Waals surface area contributed by atoms with Gasteiger partial charge < -0.3 is 11.1 Å². The lowest BCUT2D eigenvalue weighted by atomic mass is 9.71. The topological polar surface area (TPSA) is 76.2 Å². The van der Waals surface area contributed by atoms with Crippen LogP contribution in [-0.2, 0) is 12.0 Å². The lowest BCUT2D eigenvalue weighted by molar-refractivity contribution is 0.238. The number of nitrogens with zero attached hydrogens (tertiary/aromatic N) is 3. The minimum absolute atomic E-state index is 0.307. The van der Waals surface area contributed by atoms with E-state index in [0.29, 0.717) is 6.04 Å². The highest BCUT2D eigenvalue weighted by molar-refractivity contribution is 5.93. The Bertz CT molecular complexity index is 945. The second-order valence-electron chi connectivity index (χ2n) is 9.50. The zero-order chi connectivity index (χ0) is 20.7. The van der Waals surface area contributed by atoms with E-state index in [1.165, 1.54) is 42.5 Å². The maximum absolute atomic E-state index is 6.38. The number of rotatable bonds is 4. The molecule has 3 atom stereocenters. The van der Waals surface area contributed by atoms with Crippen molar-refractivity contribution in [2.24, 2.45) is 22.6 Å². The van der Waals surface area contributed by atoms with Crippen molar-refractivity contribution in [3.63, 3.8) is 0 Å². The van der Waals surface area contributed by atoms with Crippen molar-refractivity contribution in [3.8, 4) is 11.1 Å². The Hall–Kier alpha value is -2.11. The van der Waals surface area contributed by atoms with Crippen LogP contribution in [0.4, 0.5) is 5.69 Å². The van der Waals surface area contributed by atoms with Gasteiger partial charge in [0.05, 0.1) is 11.2 Å². The first-order valence-corrected chi connectivity index (χ1v) is 11.6. The third-order valence-electron chi connectivity index (χ3n) is 7.76. The summed E-state index contributed by atoms with van der Waals surface area (Å²) in [6.07, 6.45) is 13.0. The van der Waals surface area contributed by atoms with Crippen molar-refractivity contribution >= 4 is 11.4 Å². The van der Waals surface area contributed by atoms with Gasteiger partial charge in [0.2, 0.25) is 0 Å². The fourth-order valence-electron chi connectivity index (χ4n) is 5.54. The van der Waals surface area contributed by atoms with Crippen LogP contribution in [0.5, 0.6) is 0 Å². The second kappa shape index (κ2) is 7.86. The molecule has 30 heavy (non-hydrogen) atoms. The smallest absolute Gasteiger partial charge is 0.148 e. The number of nitrogens with two attached hydrogens (primary N) is 1. The summed E-state index contributed by atoms with van der Waals surface area (Å²) in [6.45, 7) is 2.34. The van der Waals surface area contributed by atoms with Gasteiger partial charge >= 0.3 is 0 Å². The molecule has 2 aromatic rings. The standard InChI is InChI=1S/C25H33N5/c1-3-16-12-22(27-2)23-13-18(16)5-6-19-11-17(7-8-21(19)30-23)20-14-28-24(29-15-20)25(26)9-4-10-25/h7-8,11,14-16,18,22,27H,3-6,9-10,12-13,26H2,1-2H3/t16-,18?,22+/m0/s1. The number of aromatic nitrogens is 2. The van der Waals surface area contributed by atoms with Crippen molar-refractivity contribution in [3.05, 3.63) is 42.0 Å². The molecule has 1 aliphatic heterocycles. The number of benzene rings is 1. The summed E-state index contributed by atoms with van der Waals surface area (Å²) < 4.78 is 0. The van der Waals surface area contributed by atoms with Gasteiger partial charge in [0.15, 0.2) is 0 Å². The van der Waals surface area contributed by atoms with Gasteiger partial charge in [-0.1, -0.05) is 19.4 Å². The first-order chi connectivity index (χ1) is 14.6. The van der Waals surface area contributed by atoms with Crippen LogP contribution in [0.25, 0.3) is 11.1 Å². The lowest BCUT2D eigenvalue weighted by Gasteiger charge is -2.38. The molecule has 5 rings (SSSR count). The van der Waals surface area contributed by atoms with Crippen LogP contribution in [0, 0.1) is 11.8 Å². The molecule has 0 amide bonds. The molecule has 2 fully saturated rings. The van der Waals surface area contributed by atoms with E-state index < -0.39 is 0 Å². The van der Waals surface area contributed by atoms with E-state index in [9.17, 15) is 0 Å². The Labute approximate surface area is 179 Å². The quantitative estimate of drug-likeness (QED) is 0.787. The van der Waals surface area contributed by atoms with Crippen LogP contribution in [-0.4, -0.2) is 28.8 Å². The van der Waals surface area contributed by atoms with Crippen molar-refractivity contribution in [1.82, 2.24) is 15.3 Å².